The highest BCUT2D eigenvalue weighted by molar-refractivity contribution is 5.91. The second-order valence-electron chi connectivity index (χ2n) is 7.94. The minimum Gasteiger partial charge on any atom is -0.393 e. The number of aliphatic hydroxyl groups is 1. The number of carbonyl (C=O) groups is 1. The highest BCUT2D eigenvalue weighted by atomic mass is 16.3. The third-order valence-corrected chi connectivity index (χ3v) is 7.25. The Kier molecular flexibility index (Phi) is 2.89. The molecular formula is C18H26O2. The van der Waals surface area contributed by atoms with Crippen molar-refractivity contribution in [3.05, 3.63) is 11.6 Å². The van der Waals surface area contributed by atoms with Gasteiger partial charge in [0.1, 0.15) is 0 Å². The van der Waals surface area contributed by atoms with Crippen LogP contribution in [0, 0.1) is 29.1 Å². The normalized spacial score (nSPS) is 51.0. The van der Waals surface area contributed by atoms with Crippen LogP contribution >= 0.6 is 0 Å². The van der Waals surface area contributed by atoms with E-state index in [1.807, 2.05) is 6.08 Å². The molecule has 0 unspecified atom stereocenters. The maximum absolute atomic E-state index is 11.6. The first-order valence-electron chi connectivity index (χ1n) is 8.51. The van der Waals surface area contributed by atoms with Crippen molar-refractivity contribution in [3.63, 3.8) is 0 Å². The lowest BCUT2D eigenvalue weighted by atomic mass is 9.52. The molecule has 1 N–H and O–H groups in total. The molecule has 20 heavy (non-hydrogen) atoms. The molecule has 0 aromatic carbocycles. The van der Waals surface area contributed by atoms with Gasteiger partial charge in [-0.3, -0.25) is 4.79 Å². The van der Waals surface area contributed by atoms with Gasteiger partial charge in [0.15, 0.2) is 5.78 Å². The van der Waals surface area contributed by atoms with E-state index in [1.54, 1.807) is 0 Å². The van der Waals surface area contributed by atoms with Crippen LogP contribution in [0.2, 0.25) is 0 Å². The topological polar surface area (TPSA) is 37.3 Å². The van der Waals surface area contributed by atoms with Gasteiger partial charge in [0, 0.05) is 6.42 Å². The van der Waals surface area contributed by atoms with Gasteiger partial charge in [-0.15, -0.1) is 0 Å². The van der Waals surface area contributed by atoms with E-state index >= 15 is 0 Å². The summed E-state index contributed by atoms with van der Waals surface area (Å²) in [5, 5.41) is 10.4. The van der Waals surface area contributed by atoms with E-state index in [0.717, 1.165) is 43.4 Å². The highest BCUT2D eigenvalue weighted by Crippen LogP contribution is 2.61. The number of fused-ring (bicyclic) bond motifs is 5. The Morgan fingerprint density at radius 3 is 2.80 bits per heavy atom. The summed E-state index contributed by atoms with van der Waals surface area (Å²) in [5.41, 5.74) is 1.65. The van der Waals surface area contributed by atoms with E-state index in [0.29, 0.717) is 11.7 Å². The van der Waals surface area contributed by atoms with Gasteiger partial charge in [0.2, 0.25) is 0 Å². The van der Waals surface area contributed by atoms with Gasteiger partial charge in [-0.1, -0.05) is 12.5 Å². The summed E-state index contributed by atoms with van der Waals surface area (Å²) >= 11 is 0. The maximum atomic E-state index is 11.6. The number of hydrogen-bond donors (Lipinski definition) is 1. The summed E-state index contributed by atoms with van der Waals surface area (Å²) in [6, 6.07) is 0. The van der Waals surface area contributed by atoms with Crippen LogP contribution in [0.15, 0.2) is 11.6 Å². The van der Waals surface area contributed by atoms with Crippen LogP contribution in [-0.2, 0) is 4.79 Å². The fourth-order valence-electron chi connectivity index (χ4n) is 6.15. The fraction of sp³-hybridized carbons (Fsp3) is 0.833. The minimum atomic E-state index is -0.0710. The van der Waals surface area contributed by atoms with Crippen LogP contribution in [-0.4, -0.2) is 17.0 Å². The van der Waals surface area contributed by atoms with Crippen molar-refractivity contribution in [2.45, 2.75) is 64.4 Å². The van der Waals surface area contributed by atoms with Gasteiger partial charge in [-0.2, -0.15) is 0 Å². The molecule has 4 rings (SSSR count). The Labute approximate surface area is 121 Å². The summed E-state index contributed by atoms with van der Waals surface area (Å²) in [6.07, 6.45) is 10.9. The number of aliphatic hydroxyl groups excluding tert-OH is 1. The van der Waals surface area contributed by atoms with Crippen molar-refractivity contribution in [1.29, 1.82) is 0 Å². The largest absolute Gasteiger partial charge is 0.393 e. The van der Waals surface area contributed by atoms with E-state index < -0.39 is 0 Å². The molecule has 110 valence electrons. The second-order valence-corrected chi connectivity index (χ2v) is 7.94. The third kappa shape index (κ3) is 1.70. The van der Waals surface area contributed by atoms with Gasteiger partial charge in [-0.25, -0.2) is 0 Å². The maximum Gasteiger partial charge on any atom is 0.155 e. The Morgan fingerprint density at radius 1 is 1.10 bits per heavy atom. The molecule has 3 fully saturated rings. The van der Waals surface area contributed by atoms with Crippen LogP contribution < -0.4 is 0 Å². The predicted molar refractivity (Wildman–Crippen MR) is 78.1 cm³/mol. The van der Waals surface area contributed by atoms with Crippen molar-refractivity contribution in [2.24, 2.45) is 29.1 Å². The Morgan fingerprint density at radius 2 is 1.95 bits per heavy atom. The zero-order chi connectivity index (χ0) is 13.9. The Hall–Kier alpha value is -0.630. The number of allylic oxidation sites excluding steroid dienone is 1. The van der Waals surface area contributed by atoms with E-state index in [4.69, 9.17) is 0 Å². The minimum absolute atomic E-state index is 0.0710. The summed E-state index contributed by atoms with van der Waals surface area (Å²) in [5.74, 6) is 3.38. The molecule has 6 atom stereocenters. The molecule has 0 aromatic heterocycles. The molecular weight excluding hydrogens is 248 g/mol. The molecule has 0 amide bonds. The van der Waals surface area contributed by atoms with Crippen LogP contribution in [0.3, 0.4) is 0 Å². The molecule has 2 heteroatoms. The monoisotopic (exact) mass is 274 g/mol. The fourth-order valence-corrected chi connectivity index (χ4v) is 6.15. The van der Waals surface area contributed by atoms with Crippen molar-refractivity contribution >= 4 is 5.78 Å². The molecule has 0 saturated heterocycles. The lowest BCUT2D eigenvalue weighted by Crippen LogP contribution is -2.47. The van der Waals surface area contributed by atoms with Gasteiger partial charge in [0.05, 0.1) is 6.10 Å². The molecule has 4 aliphatic carbocycles. The summed E-state index contributed by atoms with van der Waals surface area (Å²) in [4.78, 5) is 11.6. The number of hydrogen-bond acceptors (Lipinski definition) is 2. The smallest absolute Gasteiger partial charge is 0.155 e. The van der Waals surface area contributed by atoms with Crippen molar-refractivity contribution in [2.75, 3.05) is 0 Å². The Balaban J connectivity index is 1.63. The zero-order valence-electron chi connectivity index (χ0n) is 12.5. The van der Waals surface area contributed by atoms with Crippen LogP contribution in [0.4, 0.5) is 0 Å². The molecule has 0 aliphatic heterocycles. The van der Waals surface area contributed by atoms with Gasteiger partial charge in [-0.05, 0) is 80.1 Å². The van der Waals surface area contributed by atoms with E-state index in [2.05, 4.69) is 6.92 Å². The number of carbonyl (C=O) groups excluding carboxylic acids is 1. The highest BCUT2D eigenvalue weighted by Gasteiger charge is 2.55. The van der Waals surface area contributed by atoms with E-state index in [1.165, 1.54) is 31.3 Å². The summed E-state index contributed by atoms with van der Waals surface area (Å²) < 4.78 is 0. The first kappa shape index (κ1) is 13.1. The van der Waals surface area contributed by atoms with Crippen molar-refractivity contribution < 1.29 is 9.90 Å². The first-order valence-corrected chi connectivity index (χ1v) is 8.51. The number of rotatable bonds is 0. The standard InChI is InChI=1S/C18H26O2/c1-18-9-8-14-13-5-3-12(19)10-11(13)2-4-15(14)16(18)6-7-17(18)20/h10,13-17,20H,2-9H2,1H3/t13-,14+,15+,16+,17+,18-/m1/s1. The van der Waals surface area contributed by atoms with Crippen LogP contribution in [0.1, 0.15) is 58.3 Å². The molecule has 0 heterocycles. The summed E-state index contributed by atoms with van der Waals surface area (Å²) in [6.45, 7) is 2.33. The van der Waals surface area contributed by atoms with Crippen molar-refractivity contribution in [3.8, 4) is 0 Å². The summed E-state index contributed by atoms with van der Waals surface area (Å²) in [7, 11) is 0. The van der Waals surface area contributed by atoms with E-state index in [9.17, 15) is 9.90 Å². The van der Waals surface area contributed by atoms with Crippen LogP contribution in [0.25, 0.3) is 0 Å². The van der Waals surface area contributed by atoms with Crippen molar-refractivity contribution in [1.82, 2.24) is 0 Å². The molecule has 2 nitrogen and oxygen atoms in total. The first-order chi connectivity index (χ1) is 9.59. The number of ketones is 1. The Bertz CT molecular complexity index is 466. The quantitative estimate of drug-likeness (QED) is 0.734. The predicted octanol–water partition coefficient (Wildman–Crippen LogP) is 3.49. The molecule has 3 saturated carbocycles. The molecule has 0 radical (unpaired) electrons. The second kappa shape index (κ2) is 4.43. The van der Waals surface area contributed by atoms with Crippen LogP contribution in [0.5, 0.6) is 0 Å². The molecule has 0 aromatic rings. The van der Waals surface area contributed by atoms with E-state index in [-0.39, 0.29) is 11.5 Å². The SMILES string of the molecule is C[C@@]12CC[C@@H]3[C@H](CCC4=CC(=O)CC[C@H]43)[C@@H]1CC[C@@H]2O. The zero-order valence-corrected chi connectivity index (χ0v) is 12.5. The third-order valence-electron chi connectivity index (χ3n) is 7.25. The lowest BCUT2D eigenvalue weighted by Gasteiger charge is -2.53. The van der Waals surface area contributed by atoms with Gasteiger partial charge < -0.3 is 5.11 Å². The molecule has 0 bridgehead atoms. The molecule has 0 spiro atoms. The lowest BCUT2D eigenvalue weighted by molar-refractivity contribution is -0.116. The average molecular weight is 274 g/mol. The van der Waals surface area contributed by atoms with Gasteiger partial charge >= 0.3 is 0 Å². The molecule has 4 aliphatic rings. The van der Waals surface area contributed by atoms with Gasteiger partial charge in [0.25, 0.3) is 0 Å². The average Bonchev–Trinajstić information content (AvgIpc) is 2.74.